The molecule has 0 N–H and O–H groups in total. The van der Waals surface area contributed by atoms with Crippen LogP contribution in [0.25, 0.3) is 0 Å². The Morgan fingerprint density at radius 2 is 1.80 bits per heavy atom. The van der Waals surface area contributed by atoms with Gasteiger partial charge in [0.1, 0.15) is 5.78 Å². The number of hydrogen-bond donors (Lipinski definition) is 0. The maximum Gasteiger partial charge on any atom is 0.258 e. The summed E-state index contributed by atoms with van der Waals surface area (Å²) in [6, 6.07) is 13.8. The summed E-state index contributed by atoms with van der Waals surface area (Å²) in [4.78, 5) is 41.3. The Kier molecular flexibility index (Phi) is 6.24. The summed E-state index contributed by atoms with van der Waals surface area (Å²) in [7, 11) is 1.94. The van der Waals surface area contributed by atoms with Gasteiger partial charge in [-0.2, -0.15) is 5.10 Å². The number of ketones is 1. The van der Waals surface area contributed by atoms with Crippen LogP contribution in [-0.4, -0.2) is 45.4 Å². The average Bonchev–Trinajstić information content (AvgIpc) is 3.11. The van der Waals surface area contributed by atoms with Gasteiger partial charge in [0.2, 0.25) is 5.91 Å². The monoisotopic (exact) mass is 470 g/mol. The minimum absolute atomic E-state index is 0.0436. The van der Waals surface area contributed by atoms with E-state index in [4.69, 9.17) is 0 Å². The number of Topliss-reactive ketones (excluding diaryl/α,β-unsaturated/α-hetero) is 1. The first-order chi connectivity index (χ1) is 16.9. The Hall–Kier alpha value is -3.74. The molecule has 7 nitrogen and oxygen atoms in total. The summed E-state index contributed by atoms with van der Waals surface area (Å²) in [6.45, 7) is 3.53. The Balaban J connectivity index is 1.33. The van der Waals surface area contributed by atoms with Gasteiger partial charge in [0.15, 0.2) is 0 Å². The van der Waals surface area contributed by atoms with Gasteiger partial charge >= 0.3 is 0 Å². The number of likely N-dealkylation sites (tertiary alicyclic amines) is 1. The Morgan fingerprint density at radius 1 is 1.03 bits per heavy atom. The van der Waals surface area contributed by atoms with Crippen molar-refractivity contribution in [2.75, 3.05) is 18.0 Å². The number of rotatable bonds is 4. The third-order valence-electron chi connectivity index (χ3n) is 7.23. The second-order valence-corrected chi connectivity index (χ2v) is 9.50. The van der Waals surface area contributed by atoms with Crippen LogP contribution in [0.5, 0.6) is 0 Å². The molecule has 3 heterocycles. The van der Waals surface area contributed by atoms with E-state index in [0.717, 1.165) is 40.1 Å². The number of fused-ring (bicyclic) bond motifs is 2. The first-order valence-corrected chi connectivity index (χ1v) is 12.2. The molecule has 1 aromatic heterocycles. The van der Waals surface area contributed by atoms with E-state index in [0.29, 0.717) is 50.9 Å². The molecule has 0 spiro atoms. The first-order valence-electron chi connectivity index (χ1n) is 12.2. The zero-order chi connectivity index (χ0) is 24.5. The highest BCUT2D eigenvalue weighted by Crippen LogP contribution is 2.31. The fraction of sp³-hybridized carbons (Fsp3) is 0.357. The summed E-state index contributed by atoms with van der Waals surface area (Å²) in [5.74, 6) is 0.278. The predicted molar refractivity (Wildman–Crippen MR) is 133 cm³/mol. The smallest absolute Gasteiger partial charge is 0.258 e. The molecule has 0 aliphatic carbocycles. The van der Waals surface area contributed by atoms with Crippen LogP contribution in [0.15, 0.2) is 48.7 Å². The van der Waals surface area contributed by atoms with Gasteiger partial charge in [-0.25, -0.2) is 0 Å². The maximum atomic E-state index is 13.7. The predicted octanol–water partition coefficient (Wildman–Crippen LogP) is 3.60. The molecular weight excluding hydrogens is 440 g/mol. The lowest BCUT2D eigenvalue weighted by molar-refractivity contribution is -0.134. The van der Waals surface area contributed by atoms with E-state index in [2.05, 4.69) is 11.2 Å². The number of para-hydroxylation sites is 1. The molecule has 35 heavy (non-hydrogen) atoms. The van der Waals surface area contributed by atoms with Crippen LogP contribution >= 0.6 is 0 Å². The van der Waals surface area contributed by atoms with E-state index < -0.39 is 0 Å². The number of nitrogens with zero attached hydrogens (tertiary/aromatic N) is 4. The molecule has 1 saturated heterocycles. The lowest BCUT2D eigenvalue weighted by Crippen LogP contribution is -2.38. The van der Waals surface area contributed by atoms with Crippen molar-refractivity contribution in [2.24, 2.45) is 7.05 Å². The van der Waals surface area contributed by atoms with Crippen molar-refractivity contribution in [1.82, 2.24) is 14.7 Å². The standard InChI is InChI=1S/C28H30N4O3/c1-19-15-22(8-7-20(19)9-10-27(34)31-13-11-24(33)12-14-31)28(35)32-18-23-17-29-30(2)26(23)16-21-5-3-4-6-25(21)32/h3-8,15,17H,9-14,16,18H2,1-2H3. The molecule has 2 aliphatic rings. The Labute approximate surface area is 205 Å². The van der Waals surface area contributed by atoms with Crippen LogP contribution in [0.1, 0.15) is 57.6 Å². The van der Waals surface area contributed by atoms with Crippen LogP contribution in [-0.2, 0) is 36.0 Å². The molecule has 0 unspecified atom stereocenters. The van der Waals surface area contributed by atoms with Crippen molar-refractivity contribution in [1.29, 1.82) is 0 Å². The average molecular weight is 471 g/mol. The van der Waals surface area contributed by atoms with Crippen molar-refractivity contribution >= 4 is 23.3 Å². The number of anilines is 1. The quantitative estimate of drug-likeness (QED) is 0.584. The van der Waals surface area contributed by atoms with E-state index in [1.807, 2.05) is 66.1 Å². The topological polar surface area (TPSA) is 75.5 Å². The second-order valence-electron chi connectivity index (χ2n) is 9.50. The summed E-state index contributed by atoms with van der Waals surface area (Å²) >= 11 is 0. The highest BCUT2D eigenvalue weighted by atomic mass is 16.2. The maximum absolute atomic E-state index is 13.7. The largest absolute Gasteiger partial charge is 0.342 e. The van der Waals surface area contributed by atoms with E-state index in [1.54, 1.807) is 4.90 Å². The van der Waals surface area contributed by atoms with Crippen molar-refractivity contribution in [2.45, 2.75) is 45.6 Å². The van der Waals surface area contributed by atoms with Crippen LogP contribution in [0.3, 0.4) is 0 Å². The number of benzene rings is 2. The molecule has 5 rings (SSSR count). The van der Waals surface area contributed by atoms with Crippen LogP contribution in [0.4, 0.5) is 5.69 Å². The van der Waals surface area contributed by atoms with Gasteiger partial charge < -0.3 is 9.80 Å². The number of piperidine rings is 1. The van der Waals surface area contributed by atoms with E-state index in [1.165, 1.54) is 0 Å². The van der Waals surface area contributed by atoms with Gasteiger partial charge in [0.05, 0.1) is 12.7 Å². The number of carbonyl (C=O) groups excluding carboxylic acids is 3. The molecule has 0 bridgehead atoms. The van der Waals surface area contributed by atoms with Crippen molar-refractivity contribution in [3.05, 3.63) is 82.2 Å². The van der Waals surface area contributed by atoms with Gasteiger partial charge in [-0.1, -0.05) is 24.3 Å². The molecule has 2 amide bonds. The molecule has 0 radical (unpaired) electrons. The van der Waals surface area contributed by atoms with Gasteiger partial charge in [0.25, 0.3) is 5.91 Å². The summed E-state index contributed by atoms with van der Waals surface area (Å²) in [5.41, 5.74) is 6.92. The second kappa shape index (κ2) is 9.49. The molecule has 2 aromatic carbocycles. The van der Waals surface area contributed by atoms with E-state index >= 15 is 0 Å². The summed E-state index contributed by atoms with van der Waals surface area (Å²) < 4.78 is 1.89. The number of carbonyl (C=O) groups is 3. The zero-order valence-corrected chi connectivity index (χ0v) is 20.3. The van der Waals surface area contributed by atoms with E-state index in [-0.39, 0.29) is 17.6 Å². The molecule has 3 aromatic rings. The third-order valence-corrected chi connectivity index (χ3v) is 7.23. The summed E-state index contributed by atoms with van der Waals surface area (Å²) in [6.07, 6.45) is 4.54. The van der Waals surface area contributed by atoms with Crippen molar-refractivity contribution in [3.63, 3.8) is 0 Å². The lowest BCUT2D eigenvalue weighted by Gasteiger charge is -2.26. The molecule has 7 heteroatoms. The van der Waals surface area contributed by atoms with Gasteiger partial charge in [-0.05, 0) is 48.2 Å². The molecular formula is C28H30N4O3. The molecule has 1 fully saturated rings. The third kappa shape index (κ3) is 4.63. The first kappa shape index (κ1) is 23.0. The number of hydrogen-bond acceptors (Lipinski definition) is 4. The number of aromatic nitrogens is 2. The zero-order valence-electron chi connectivity index (χ0n) is 20.3. The fourth-order valence-electron chi connectivity index (χ4n) is 5.08. The van der Waals surface area contributed by atoms with Crippen LogP contribution in [0.2, 0.25) is 0 Å². The molecule has 180 valence electrons. The normalized spacial score (nSPS) is 15.4. The van der Waals surface area contributed by atoms with Crippen molar-refractivity contribution < 1.29 is 14.4 Å². The highest BCUT2D eigenvalue weighted by molar-refractivity contribution is 6.06. The minimum atomic E-state index is -0.0436. The molecule has 2 aliphatic heterocycles. The minimum Gasteiger partial charge on any atom is -0.342 e. The van der Waals surface area contributed by atoms with Crippen molar-refractivity contribution in [3.8, 4) is 0 Å². The van der Waals surface area contributed by atoms with Gasteiger partial charge in [-0.15, -0.1) is 0 Å². The Morgan fingerprint density at radius 3 is 2.57 bits per heavy atom. The van der Waals surface area contributed by atoms with Gasteiger partial charge in [0, 0.05) is 68.3 Å². The molecule has 0 saturated carbocycles. The fourth-order valence-corrected chi connectivity index (χ4v) is 5.08. The number of amides is 2. The Bertz CT molecular complexity index is 1300. The van der Waals surface area contributed by atoms with E-state index in [9.17, 15) is 14.4 Å². The summed E-state index contributed by atoms with van der Waals surface area (Å²) in [5, 5.41) is 4.41. The SMILES string of the molecule is Cc1cc(C(=O)N2Cc3cnn(C)c3Cc3ccccc32)ccc1CCC(=O)N1CCC(=O)CC1. The number of aryl methyl sites for hydroxylation is 3. The highest BCUT2D eigenvalue weighted by Gasteiger charge is 2.27. The molecule has 0 atom stereocenters. The van der Waals surface area contributed by atoms with Crippen LogP contribution in [0, 0.1) is 6.92 Å². The van der Waals surface area contributed by atoms with Crippen LogP contribution < -0.4 is 4.90 Å². The lowest BCUT2D eigenvalue weighted by atomic mass is 9.99. The van der Waals surface area contributed by atoms with Gasteiger partial charge in [-0.3, -0.25) is 19.1 Å².